The Kier molecular flexibility index (Phi) is 6.66. The number of hydrogen-bond acceptors (Lipinski definition) is 6. The molecule has 0 aliphatic rings. The van der Waals surface area contributed by atoms with Crippen LogP contribution >= 0.6 is 0 Å². The van der Waals surface area contributed by atoms with Gasteiger partial charge in [-0.05, 0) is 60.7 Å². The number of carbonyl (C=O) groups excluding carboxylic acids is 2. The van der Waals surface area contributed by atoms with Gasteiger partial charge in [-0.25, -0.2) is 4.90 Å². The Bertz CT molecular complexity index is 1130. The molecule has 3 aromatic carbocycles. The third-order valence-electron chi connectivity index (χ3n) is 4.24. The normalized spacial score (nSPS) is 10.6. The highest BCUT2D eigenvalue weighted by Crippen LogP contribution is 2.23. The molecule has 0 fully saturated rings. The molecule has 0 heterocycles. The van der Waals surface area contributed by atoms with Crippen LogP contribution in [0.25, 0.3) is 0 Å². The number of carbonyl (C=O) groups is 2. The zero-order chi connectivity index (χ0) is 22.2. The van der Waals surface area contributed by atoms with E-state index in [4.69, 9.17) is 10.5 Å². The van der Waals surface area contributed by atoms with Gasteiger partial charge in [0.05, 0.1) is 5.69 Å². The molecule has 0 aliphatic heterocycles. The van der Waals surface area contributed by atoms with Crippen LogP contribution < -0.4 is 20.7 Å². The van der Waals surface area contributed by atoms with Crippen LogP contribution in [0.4, 0.5) is 17.1 Å². The molecule has 0 bridgehead atoms. The summed E-state index contributed by atoms with van der Waals surface area (Å²) in [5.41, 5.74) is 6.90. The fourth-order valence-electron chi connectivity index (χ4n) is 2.73. The van der Waals surface area contributed by atoms with E-state index in [1.807, 2.05) is 36.4 Å². The van der Waals surface area contributed by atoms with Crippen LogP contribution in [0.3, 0.4) is 0 Å². The Morgan fingerprint density at radius 1 is 0.968 bits per heavy atom. The van der Waals surface area contributed by atoms with E-state index in [2.05, 4.69) is 5.32 Å². The van der Waals surface area contributed by atoms with Crippen LogP contribution in [0.15, 0.2) is 90.6 Å². The van der Waals surface area contributed by atoms with Crippen molar-refractivity contribution in [3.63, 3.8) is 0 Å². The van der Waals surface area contributed by atoms with Crippen LogP contribution in [0, 0.1) is 11.3 Å². The third kappa shape index (κ3) is 5.49. The van der Waals surface area contributed by atoms with E-state index < -0.39 is 11.8 Å². The molecule has 154 valence electrons. The summed E-state index contributed by atoms with van der Waals surface area (Å²) in [6.45, 7) is 1.25. The Morgan fingerprint density at radius 2 is 1.58 bits per heavy atom. The van der Waals surface area contributed by atoms with Crippen LogP contribution in [-0.4, -0.2) is 11.8 Å². The zero-order valence-corrected chi connectivity index (χ0v) is 16.8. The molecule has 7 nitrogen and oxygen atoms in total. The van der Waals surface area contributed by atoms with Crippen LogP contribution in [0.2, 0.25) is 0 Å². The van der Waals surface area contributed by atoms with Crippen molar-refractivity contribution in [2.75, 3.05) is 16.0 Å². The predicted octanol–water partition coefficient (Wildman–Crippen LogP) is 4.46. The lowest BCUT2D eigenvalue weighted by Gasteiger charge is -2.19. The smallest absolute Gasteiger partial charge is 0.277 e. The number of nitrogens with zero attached hydrogens (tertiary/aromatic N) is 2. The number of nitrogen functional groups attached to an aromatic ring is 1. The molecule has 0 saturated heterocycles. The highest BCUT2D eigenvalue weighted by molar-refractivity contribution is 6.21. The van der Waals surface area contributed by atoms with E-state index in [1.165, 1.54) is 13.1 Å². The largest absolute Gasteiger partial charge is 0.457 e. The van der Waals surface area contributed by atoms with E-state index in [0.29, 0.717) is 28.6 Å². The molecule has 0 saturated carbocycles. The van der Waals surface area contributed by atoms with Crippen molar-refractivity contribution in [1.82, 2.24) is 0 Å². The Hall–Kier alpha value is -4.57. The van der Waals surface area contributed by atoms with E-state index in [9.17, 15) is 14.9 Å². The Balaban J connectivity index is 1.73. The lowest BCUT2D eigenvalue weighted by atomic mass is 10.2. The molecule has 3 aromatic rings. The summed E-state index contributed by atoms with van der Waals surface area (Å²) in [7, 11) is 0. The van der Waals surface area contributed by atoms with Crippen molar-refractivity contribution in [2.24, 2.45) is 0 Å². The highest BCUT2D eigenvalue weighted by atomic mass is 16.5. The number of nitrogens with two attached hydrogens (primary N) is 1. The standard InChI is InChI=1S/C24H20N4O3/c1-17(29)28(21-11-7-19(26)8-12-21)24(30)18(15-25)16-27-20-9-13-23(14-10-20)31-22-5-3-2-4-6-22/h2-14,16,27H,26H2,1H3/b18-16-. The molecular formula is C24H20N4O3. The van der Waals surface area contributed by atoms with Gasteiger partial charge in [0.2, 0.25) is 5.91 Å². The van der Waals surface area contributed by atoms with Gasteiger partial charge < -0.3 is 15.8 Å². The van der Waals surface area contributed by atoms with Crippen LogP contribution in [0.1, 0.15) is 6.92 Å². The summed E-state index contributed by atoms with van der Waals surface area (Å²) in [5.74, 6) is 0.102. The van der Waals surface area contributed by atoms with Crippen molar-refractivity contribution in [3.05, 3.63) is 90.6 Å². The minimum atomic E-state index is -0.740. The number of nitrogens with one attached hydrogen (secondary N) is 1. The second kappa shape index (κ2) is 9.76. The first-order valence-corrected chi connectivity index (χ1v) is 9.38. The summed E-state index contributed by atoms with van der Waals surface area (Å²) in [4.78, 5) is 25.8. The first-order valence-electron chi connectivity index (χ1n) is 9.38. The quantitative estimate of drug-likeness (QED) is 0.351. The first-order chi connectivity index (χ1) is 15.0. The molecule has 0 aromatic heterocycles. The molecule has 0 spiro atoms. The second-order valence-corrected chi connectivity index (χ2v) is 6.50. The predicted molar refractivity (Wildman–Crippen MR) is 119 cm³/mol. The summed E-state index contributed by atoms with van der Waals surface area (Å²) < 4.78 is 5.73. The molecule has 0 unspecified atom stereocenters. The number of benzene rings is 3. The van der Waals surface area contributed by atoms with Gasteiger partial charge in [-0.2, -0.15) is 5.26 Å². The summed E-state index contributed by atoms with van der Waals surface area (Å²) in [6, 6.07) is 24.4. The molecule has 3 N–H and O–H groups in total. The molecule has 2 amide bonds. The number of nitriles is 1. The Labute approximate surface area is 180 Å². The maximum absolute atomic E-state index is 12.8. The summed E-state index contributed by atoms with van der Waals surface area (Å²) in [5, 5.41) is 12.4. The molecular weight excluding hydrogens is 392 g/mol. The summed E-state index contributed by atoms with van der Waals surface area (Å²) >= 11 is 0. The maximum Gasteiger partial charge on any atom is 0.277 e. The maximum atomic E-state index is 12.8. The lowest BCUT2D eigenvalue weighted by Crippen LogP contribution is -2.36. The van der Waals surface area contributed by atoms with Gasteiger partial charge in [-0.15, -0.1) is 0 Å². The van der Waals surface area contributed by atoms with Crippen molar-refractivity contribution in [3.8, 4) is 17.6 Å². The van der Waals surface area contributed by atoms with E-state index in [0.717, 1.165) is 4.90 Å². The highest BCUT2D eigenvalue weighted by Gasteiger charge is 2.23. The number of ether oxygens (including phenoxy) is 1. The average Bonchev–Trinajstić information content (AvgIpc) is 2.77. The number of imide groups is 1. The molecule has 0 atom stereocenters. The van der Waals surface area contributed by atoms with Crippen molar-refractivity contribution < 1.29 is 14.3 Å². The SMILES string of the molecule is CC(=O)N(C(=O)/C(C#N)=C\Nc1ccc(Oc2ccccc2)cc1)c1ccc(N)cc1. The fraction of sp³-hybridized carbons (Fsp3) is 0.0417. The monoisotopic (exact) mass is 412 g/mol. The van der Waals surface area contributed by atoms with Gasteiger partial charge in [0.25, 0.3) is 5.91 Å². The van der Waals surface area contributed by atoms with Gasteiger partial charge in [0.15, 0.2) is 0 Å². The number of rotatable bonds is 6. The van der Waals surface area contributed by atoms with Gasteiger partial charge in [0, 0.05) is 24.5 Å². The number of anilines is 3. The van der Waals surface area contributed by atoms with Crippen LogP contribution in [-0.2, 0) is 9.59 Å². The fourth-order valence-corrected chi connectivity index (χ4v) is 2.73. The van der Waals surface area contributed by atoms with Gasteiger partial charge in [-0.3, -0.25) is 9.59 Å². The first kappa shape index (κ1) is 21.1. The minimum absolute atomic E-state index is 0.225. The topological polar surface area (TPSA) is 108 Å². The van der Waals surface area contributed by atoms with Crippen LogP contribution in [0.5, 0.6) is 11.5 Å². The number of hydrogen-bond donors (Lipinski definition) is 2. The lowest BCUT2D eigenvalue weighted by molar-refractivity contribution is -0.123. The zero-order valence-electron chi connectivity index (χ0n) is 16.8. The van der Waals surface area contributed by atoms with E-state index >= 15 is 0 Å². The number of para-hydroxylation sites is 1. The molecule has 0 radical (unpaired) electrons. The van der Waals surface area contributed by atoms with E-state index in [-0.39, 0.29) is 5.57 Å². The van der Waals surface area contributed by atoms with Gasteiger partial charge in [-0.1, -0.05) is 18.2 Å². The van der Waals surface area contributed by atoms with Gasteiger partial charge in [0.1, 0.15) is 23.1 Å². The van der Waals surface area contributed by atoms with Crippen molar-refractivity contribution in [2.45, 2.75) is 6.92 Å². The molecule has 7 heteroatoms. The third-order valence-corrected chi connectivity index (χ3v) is 4.24. The average molecular weight is 412 g/mol. The van der Waals surface area contributed by atoms with Crippen molar-refractivity contribution in [1.29, 1.82) is 5.26 Å². The Morgan fingerprint density at radius 3 is 2.16 bits per heavy atom. The molecule has 3 rings (SSSR count). The second-order valence-electron chi connectivity index (χ2n) is 6.50. The number of amides is 2. The van der Waals surface area contributed by atoms with Crippen molar-refractivity contribution >= 4 is 28.9 Å². The summed E-state index contributed by atoms with van der Waals surface area (Å²) in [6.07, 6.45) is 1.27. The molecule has 31 heavy (non-hydrogen) atoms. The van der Waals surface area contributed by atoms with E-state index in [1.54, 1.807) is 48.5 Å². The molecule has 0 aliphatic carbocycles. The minimum Gasteiger partial charge on any atom is -0.457 e. The van der Waals surface area contributed by atoms with Gasteiger partial charge >= 0.3 is 0 Å².